The first-order valence-corrected chi connectivity index (χ1v) is 10.7. The van der Waals surface area contributed by atoms with Crippen LogP contribution in [-0.2, 0) is 13.0 Å². The van der Waals surface area contributed by atoms with E-state index in [2.05, 4.69) is 46.4 Å². The number of aryl methyl sites for hydroxylation is 1. The van der Waals surface area contributed by atoms with Gasteiger partial charge in [0.25, 0.3) is 5.91 Å². The van der Waals surface area contributed by atoms with Gasteiger partial charge < -0.3 is 4.90 Å². The molecule has 1 aliphatic rings. The number of fused-ring (bicyclic) bond motifs is 1. The van der Waals surface area contributed by atoms with E-state index in [1.54, 1.807) is 12.4 Å². The van der Waals surface area contributed by atoms with Gasteiger partial charge in [0.1, 0.15) is 5.69 Å². The van der Waals surface area contributed by atoms with Gasteiger partial charge in [0.2, 0.25) is 0 Å². The molecule has 31 heavy (non-hydrogen) atoms. The number of benzene rings is 2. The zero-order chi connectivity index (χ0) is 21.4. The number of rotatable bonds is 5. The van der Waals surface area contributed by atoms with Crippen molar-refractivity contribution in [2.24, 2.45) is 0 Å². The molecule has 5 rings (SSSR count). The van der Waals surface area contributed by atoms with E-state index in [0.29, 0.717) is 17.3 Å². The van der Waals surface area contributed by atoms with Gasteiger partial charge in [0, 0.05) is 35.1 Å². The second-order valence-electron chi connectivity index (χ2n) is 7.66. The molecule has 1 unspecified atom stereocenters. The van der Waals surface area contributed by atoms with Crippen molar-refractivity contribution in [2.45, 2.75) is 25.9 Å². The number of H-pyrrole nitrogens is 1. The van der Waals surface area contributed by atoms with Crippen LogP contribution in [0.15, 0.2) is 73.1 Å². The van der Waals surface area contributed by atoms with Crippen molar-refractivity contribution in [1.82, 2.24) is 20.1 Å². The lowest BCUT2D eigenvalue weighted by Gasteiger charge is -2.26. The first-order chi connectivity index (χ1) is 15.2. The lowest BCUT2D eigenvalue weighted by Crippen LogP contribution is -2.29. The molecule has 0 aliphatic carbocycles. The molecule has 154 valence electrons. The minimum atomic E-state index is -0.238. The van der Waals surface area contributed by atoms with Gasteiger partial charge >= 0.3 is 0 Å². The third-order valence-corrected chi connectivity index (χ3v) is 6.01. The van der Waals surface area contributed by atoms with Crippen LogP contribution in [0.5, 0.6) is 0 Å². The first-order valence-electron chi connectivity index (χ1n) is 10.3. The minimum Gasteiger partial charge on any atom is -0.322 e. The number of pyridine rings is 1. The van der Waals surface area contributed by atoms with Gasteiger partial charge in [0.05, 0.1) is 11.7 Å². The lowest BCUT2D eigenvalue weighted by molar-refractivity contribution is 0.0730. The van der Waals surface area contributed by atoms with E-state index in [-0.39, 0.29) is 11.9 Å². The Balaban J connectivity index is 1.63. The van der Waals surface area contributed by atoms with Crippen LogP contribution in [0.4, 0.5) is 0 Å². The van der Waals surface area contributed by atoms with Crippen LogP contribution in [0.3, 0.4) is 0 Å². The summed E-state index contributed by atoms with van der Waals surface area (Å²) >= 11 is 6.08. The highest BCUT2D eigenvalue weighted by molar-refractivity contribution is 6.30. The molecule has 1 amide bonds. The van der Waals surface area contributed by atoms with E-state index in [0.717, 1.165) is 34.4 Å². The summed E-state index contributed by atoms with van der Waals surface area (Å²) in [5, 5.41) is 8.17. The molecular formula is C25H21ClN4O. The number of carbonyl (C=O) groups excluding carboxylic acids is 1. The van der Waals surface area contributed by atoms with Crippen molar-refractivity contribution in [3.63, 3.8) is 0 Å². The van der Waals surface area contributed by atoms with E-state index < -0.39 is 0 Å². The molecule has 2 aromatic carbocycles. The van der Waals surface area contributed by atoms with Crippen LogP contribution in [0.1, 0.15) is 45.7 Å². The van der Waals surface area contributed by atoms with Gasteiger partial charge in [-0.1, -0.05) is 61.0 Å². The number of nitrogens with zero attached hydrogens (tertiary/aromatic N) is 3. The Labute approximate surface area is 185 Å². The first kappa shape index (κ1) is 19.5. The van der Waals surface area contributed by atoms with Crippen LogP contribution in [0.25, 0.3) is 11.3 Å². The zero-order valence-corrected chi connectivity index (χ0v) is 17.8. The molecule has 2 aromatic heterocycles. The van der Waals surface area contributed by atoms with E-state index in [9.17, 15) is 4.79 Å². The fourth-order valence-electron chi connectivity index (χ4n) is 4.16. The Kier molecular flexibility index (Phi) is 5.04. The Morgan fingerprint density at radius 3 is 2.48 bits per heavy atom. The molecule has 4 aromatic rings. The Bertz CT molecular complexity index is 1220. The number of hydrogen-bond donors (Lipinski definition) is 1. The average molecular weight is 429 g/mol. The highest BCUT2D eigenvalue weighted by atomic mass is 35.5. The van der Waals surface area contributed by atoms with E-state index in [4.69, 9.17) is 11.6 Å². The van der Waals surface area contributed by atoms with Crippen LogP contribution in [-0.4, -0.2) is 26.0 Å². The number of nitrogens with one attached hydrogen (secondary N) is 1. The van der Waals surface area contributed by atoms with Crippen LogP contribution >= 0.6 is 11.6 Å². The number of halogens is 1. The van der Waals surface area contributed by atoms with Crippen molar-refractivity contribution >= 4 is 17.5 Å². The standard InChI is InChI=1S/C25H21ClN4O/c1-2-16-5-7-19(8-6-16)24-21-22(18-9-11-20(26)12-10-18)28-29-23(21)25(31)30(24)15-17-4-3-13-27-14-17/h3-14,24H,2,15H2,1H3,(H,28,29). The molecule has 1 atom stereocenters. The van der Waals surface area contributed by atoms with Gasteiger partial charge in [-0.2, -0.15) is 5.10 Å². The Hall–Kier alpha value is -3.44. The Morgan fingerprint density at radius 2 is 1.81 bits per heavy atom. The summed E-state index contributed by atoms with van der Waals surface area (Å²) in [6.07, 6.45) is 4.51. The van der Waals surface area contributed by atoms with Crippen molar-refractivity contribution < 1.29 is 4.79 Å². The SMILES string of the molecule is CCc1ccc(C2c3c(-c4ccc(Cl)cc4)n[nH]c3C(=O)N2Cc2cccnc2)cc1. The molecule has 0 saturated heterocycles. The second-order valence-corrected chi connectivity index (χ2v) is 8.10. The molecule has 3 heterocycles. The van der Waals surface area contributed by atoms with Crippen LogP contribution in [0, 0.1) is 0 Å². The van der Waals surface area contributed by atoms with Crippen molar-refractivity contribution in [3.05, 3.63) is 106 Å². The molecule has 0 fully saturated rings. The molecular weight excluding hydrogens is 408 g/mol. The smallest absolute Gasteiger partial charge is 0.273 e. The summed E-state index contributed by atoms with van der Waals surface area (Å²) in [4.78, 5) is 19.5. The van der Waals surface area contributed by atoms with Crippen molar-refractivity contribution in [2.75, 3.05) is 0 Å². The number of amides is 1. The van der Waals surface area contributed by atoms with Crippen molar-refractivity contribution in [1.29, 1.82) is 0 Å². The predicted molar refractivity (Wildman–Crippen MR) is 121 cm³/mol. The number of carbonyl (C=O) groups is 1. The summed E-state index contributed by atoms with van der Waals surface area (Å²) in [5.41, 5.74) is 6.45. The quantitative estimate of drug-likeness (QED) is 0.460. The minimum absolute atomic E-state index is 0.0591. The predicted octanol–water partition coefficient (Wildman–Crippen LogP) is 5.43. The molecule has 6 heteroatoms. The third kappa shape index (κ3) is 3.51. The van der Waals surface area contributed by atoms with E-state index >= 15 is 0 Å². The number of aromatic amines is 1. The van der Waals surface area contributed by atoms with Gasteiger partial charge in [-0.3, -0.25) is 14.9 Å². The zero-order valence-electron chi connectivity index (χ0n) is 17.0. The lowest BCUT2D eigenvalue weighted by atomic mass is 9.95. The third-order valence-electron chi connectivity index (χ3n) is 5.76. The molecule has 1 aliphatic heterocycles. The summed E-state index contributed by atoms with van der Waals surface area (Å²) in [7, 11) is 0. The maximum absolute atomic E-state index is 13.4. The normalized spacial score (nSPS) is 15.4. The van der Waals surface area contributed by atoms with Gasteiger partial charge in [-0.15, -0.1) is 0 Å². The van der Waals surface area contributed by atoms with Crippen LogP contribution < -0.4 is 0 Å². The highest BCUT2D eigenvalue weighted by Crippen LogP contribution is 2.43. The van der Waals surface area contributed by atoms with Crippen LogP contribution in [0.2, 0.25) is 5.02 Å². The summed E-state index contributed by atoms with van der Waals surface area (Å²) in [6.45, 7) is 2.60. The van der Waals surface area contributed by atoms with Gasteiger partial charge in [-0.25, -0.2) is 0 Å². The maximum Gasteiger partial charge on any atom is 0.273 e. The Morgan fingerprint density at radius 1 is 1.03 bits per heavy atom. The molecule has 0 saturated carbocycles. The molecule has 1 N–H and O–H groups in total. The number of aromatic nitrogens is 3. The summed E-state index contributed by atoms with van der Waals surface area (Å²) < 4.78 is 0. The second kappa shape index (κ2) is 8.00. The molecule has 0 radical (unpaired) electrons. The highest BCUT2D eigenvalue weighted by Gasteiger charge is 2.42. The fourth-order valence-corrected chi connectivity index (χ4v) is 4.28. The van der Waals surface area contributed by atoms with E-state index in [1.165, 1.54) is 5.56 Å². The topological polar surface area (TPSA) is 61.9 Å². The van der Waals surface area contributed by atoms with Crippen molar-refractivity contribution in [3.8, 4) is 11.3 Å². The monoisotopic (exact) mass is 428 g/mol. The average Bonchev–Trinajstić information content (AvgIpc) is 3.35. The van der Waals surface area contributed by atoms with Gasteiger partial charge in [-0.05, 0) is 41.3 Å². The maximum atomic E-state index is 13.4. The summed E-state index contributed by atoms with van der Waals surface area (Å²) in [6, 6.07) is 19.7. The van der Waals surface area contributed by atoms with Gasteiger partial charge in [0.15, 0.2) is 0 Å². The summed E-state index contributed by atoms with van der Waals surface area (Å²) in [5.74, 6) is -0.0591. The molecule has 5 nitrogen and oxygen atoms in total. The molecule has 0 bridgehead atoms. The van der Waals surface area contributed by atoms with E-state index in [1.807, 2.05) is 41.3 Å². The molecule has 0 spiro atoms. The largest absolute Gasteiger partial charge is 0.322 e. The number of hydrogen-bond acceptors (Lipinski definition) is 3. The fraction of sp³-hybridized carbons (Fsp3) is 0.160.